The zero-order chi connectivity index (χ0) is 33.2. The maximum absolute atomic E-state index is 12.8. The molecule has 4 aliphatic carbocycles. The number of carbonyl (C=O) groups is 2. The maximum Gasteiger partial charge on any atom is 0.306 e. The smallest absolute Gasteiger partial charge is 0.306 e. The van der Waals surface area contributed by atoms with Gasteiger partial charge in [-0.3, -0.25) is 9.59 Å². The molecule has 0 aromatic heterocycles. The van der Waals surface area contributed by atoms with Gasteiger partial charge in [-0.05, 0) is 111 Å². The van der Waals surface area contributed by atoms with Crippen LogP contribution in [0.4, 0.5) is 0 Å². The Morgan fingerprint density at radius 1 is 0.761 bits per heavy atom. The van der Waals surface area contributed by atoms with Gasteiger partial charge in [0.1, 0.15) is 6.10 Å². The number of fused-ring (bicyclic) bond motifs is 5. The van der Waals surface area contributed by atoms with Crippen LogP contribution in [0.15, 0.2) is 0 Å². The summed E-state index contributed by atoms with van der Waals surface area (Å²) in [6, 6.07) is 0. The van der Waals surface area contributed by atoms with Crippen molar-refractivity contribution in [2.45, 2.75) is 200 Å². The first-order chi connectivity index (χ1) is 22.1. The van der Waals surface area contributed by atoms with E-state index in [1.54, 1.807) is 0 Å². The van der Waals surface area contributed by atoms with Gasteiger partial charge in [-0.15, -0.1) is 0 Å². The predicted molar refractivity (Wildman–Crippen MR) is 187 cm³/mol. The Bertz CT molecular complexity index is 934. The molecule has 0 aromatic carbocycles. The van der Waals surface area contributed by atoms with Gasteiger partial charge >= 0.3 is 11.9 Å². The van der Waals surface area contributed by atoms with Gasteiger partial charge in [-0.25, -0.2) is 0 Å². The van der Waals surface area contributed by atoms with Crippen molar-refractivity contribution in [3.8, 4) is 0 Å². The number of aliphatic hydroxyl groups excluding tert-OH is 1. The van der Waals surface area contributed by atoms with Crippen LogP contribution in [0, 0.1) is 46.3 Å². The van der Waals surface area contributed by atoms with Crippen molar-refractivity contribution in [3.63, 3.8) is 0 Å². The van der Waals surface area contributed by atoms with Gasteiger partial charge < -0.3 is 14.9 Å². The fraction of sp³-hybridized carbons (Fsp3) is 0.951. The van der Waals surface area contributed by atoms with Crippen molar-refractivity contribution in [3.05, 3.63) is 0 Å². The van der Waals surface area contributed by atoms with Crippen LogP contribution in [0.2, 0.25) is 0 Å². The number of aliphatic carboxylic acids is 1. The largest absolute Gasteiger partial charge is 0.481 e. The molecular weight excluding hydrogens is 572 g/mol. The second-order valence-corrected chi connectivity index (χ2v) is 17.1. The Balaban J connectivity index is 1.13. The van der Waals surface area contributed by atoms with Gasteiger partial charge in [-0.2, -0.15) is 0 Å². The molecule has 266 valence electrons. The number of carboxylic acids is 1. The topological polar surface area (TPSA) is 83.8 Å². The van der Waals surface area contributed by atoms with E-state index in [1.807, 2.05) is 0 Å². The summed E-state index contributed by atoms with van der Waals surface area (Å²) in [6.45, 7) is 9.34. The summed E-state index contributed by atoms with van der Waals surface area (Å²) in [5, 5.41) is 21.0. The minimum absolute atomic E-state index is 0.0131. The average Bonchev–Trinajstić information content (AvgIpc) is 3.39. The third-order valence-electron chi connectivity index (χ3n) is 14.3. The third-order valence-corrected chi connectivity index (χ3v) is 14.3. The van der Waals surface area contributed by atoms with E-state index in [4.69, 9.17) is 4.74 Å². The van der Waals surface area contributed by atoms with E-state index < -0.39 is 5.97 Å². The van der Waals surface area contributed by atoms with E-state index in [1.165, 1.54) is 96.3 Å². The molecule has 5 nitrogen and oxygen atoms in total. The summed E-state index contributed by atoms with van der Waals surface area (Å²) in [6.07, 6.45) is 28.5. The standard InChI is InChI=1S/C41H72O5/c1-5-6-7-8-9-10-11-12-13-14-15-16-17-18-19-39(45)46-32-26-27-40(3)31(28-32)21-22-33-35-24-23-34(30(2)20-25-38(43)44)41(35,4)37(42)29-36(33)40/h30-37,42H,5-29H2,1-4H3,(H,43,44). The van der Waals surface area contributed by atoms with Crippen LogP contribution in [0.25, 0.3) is 0 Å². The minimum atomic E-state index is -0.710. The lowest BCUT2D eigenvalue weighted by Gasteiger charge is -2.62. The van der Waals surface area contributed by atoms with Crippen molar-refractivity contribution >= 4 is 11.9 Å². The Labute approximate surface area is 282 Å². The highest BCUT2D eigenvalue weighted by Crippen LogP contribution is 2.68. The Morgan fingerprint density at radius 3 is 1.98 bits per heavy atom. The zero-order valence-corrected chi connectivity index (χ0v) is 30.4. The number of aliphatic hydroxyl groups is 1. The first kappa shape index (κ1) is 37.7. The highest BCUT2D eigenvalue weighted by atomic mass is 16.5. The average molecular weight is 645 g/mol. The molecule has 4 saturated carbocycles. The molecular formula is C41H72O5. The van der Waals surface area contributed by atoms with Gasteiger partial charge in [-0.1, -0.05) is 111 Å². The lowest BCUT2D eigenvalue weighted by molar-refractivity contribution is -0.181. The summed E-state index contributed by atoms with van der Waals surface area (Å²) < 4.78 is 6.09. The van der Waals surface area contributed by atoms with Crippen LogP contribution in [0.5, 0.6) is 0 Å². The monoisotopic (exact) mass is 645 g/mol. The molecule has 2 N–H and O–H groups in total. The van der Waals surface area contributed by atoms with E-state index in [-0.39, 0.29) is 35.4 Å². The molecule has 10 unspecified atom stereocenters. The van der Waals surface area contributed by atoms with Crippen molar-refractivity contribution in [2.75, 3.05) is 0 Å². The molecule has 0 amide bonds. The summed E-state index contributed by atoms with van der Waals surface area (Å²) >= 11 is 0. The van der Waals surface area contributed by atoms with Crippen molar-refractivity contribution < 1.29 is 24.5 Å². The second kappa shape index (κ2) is 18.1. The van der Waals surface area contributed by atoms with Gasteiger partial charge in [0.05, 0.1) is 6.10 Å². The third kappa shape index (κ3) is 9.32. The van der Waals surface area contributed by atoms with Crippen molar-refractivity contribution in [1.29, 1.82) is 0 Å². The van der Waals surface area contributed by atoms with Crippen LogP contribution < -0.4 is 0 Å². The molecule has 0 spiro atoms. The number of ether oxygens (including phenoxy) is 1. The van der Waals surface area contributed by atoms with E-state index >= 15 is 0 Å². The zero-order valence-electron chi connectivity index (χ0n) is 30.4. The Kier molecular flexibility index (Phi) is 14.8. The molecule has 10 atom stereocenters. The van der Waals surface area contributed by atoms with Crippen molar-refractivity contribution in [1.82, 2.24) is 0 Å². The van der Waals surface area contributed by atoms with E-state index in [9.17, 15) is 19.8 Å². The molecule has 46 heavy (non-hydrogen) atoms. The number of hydrogen-bond donors (Lipinski definition) is 2. The highest BCUT2D eigenvalue weighted by molar-refractivity contribution is 5.69. The van der Waals surface area contributed by atoms with Crippen molar-refractivity contribution in [2.24, 2.45) is 46.3 Å². The molecule has 0 bridgehead atoms. The lowest BCUT2D eigenvalue weighted by atomic mass is 9.43. The second-order valence-electron chi connectivity index (χ2n) is 17.1. The predicted octanol–water partition coefficient (Wildman–Crippen LogP) is 10.9. The number of unbranched alkanes of at least 4 members (excludes halogenated alkanes) is 13. The summed E-state index contributed by atoms with van der Waals surface area (Å²) in [5.74, 6) is 2.36. The number of carbonyl (C=O) groups excluding carboxylic acids is 1. The molecule has 5 heteroatoms. The van der Waals surface area contributed by atoms with Crippen LogP contribution in [0.3, 0.4) is 0 Å². The van der Waals surface area contributed by atoms with Gasteiger partial charge in [0.2, 0.25) is 0 Å². The molecule has 0 aliphatic heterocycles. The highest BCUT2D eigenvalue weighted by Gasteiger charge is 2.63. The lowest BCUT2D eigenvalue weighted by Crippen LogP contribution is -2.59. The first-order valence-corrected chi connectivity index (χ1v) is 20.2. The van der Waals surface area contributed by atoms with Gasteiger partial charge in [0.15, 0.2) is 0 Å². The maximum atomic E-state index is 12.8. The number of carboxylic acid groups (broad SMARTS) is 1. The van der Waals surface area contributed by atoms with Crippen LogP contribution in [-0.4, -0.2) is 34.4 Å². The van der Waals surface area contributed by atoms with Gasteiger partial charge in [0.25, 0.3) is 0 Å². The summed E-state index contributed by atoms with van der Waals surface area (Å²) in [4.78, 5) is 24.0. The Hall–Kier alpha value is -1.10. The summed E-state index contributed by atoms with van der Waals surface area (Å²) in [7, 11) is 0. The van der Waals surface area contributed by atoms with E-state index in [2.05, 4.69) is 27.7 Å². The number of hydrogen-bond acceptors (Lipinski definition) is 4. The molecule has 0 radical (unpaired) electrons. The SMILES string of the molecule is CCCCCCCCCCCCCCCCC(=O)OC1CCC2(C)C(CCC3C2CC(O)C2(C)C(C(C)CCC(=O)O)CCC32)C1. The summed E-state index contributed by atoms with van der Waals surface area (Å²) in [5.41, 5.74) is 0.123. The molecule has 4 rings (SSSR count). The van der Waals surface area contributed by atoms with Crippen LogP contribution in [-0.2, 0) is 14.3 Å². The first-order valence-electron chi connectivity index (χ1n) is 20.2. The molecule has 4 aliphatic rings. The minimum Gasteiger partial charge on any atom is -0.481 e. The quantitative estimate of drug-likeness (QED) is 0.102. The molecule has 0 saturated heterocycles. The van der Waals surface area contributed by atoms with Crippen LogP contribution in [0.1, 0.15) is 188 Å². The van der Waals surface area contributed by atoms with Crippen LogP contribution >= 0.6 is 0 Å². The number of esters is 1. The van der Waals surface area contributed by atoms with E-state index in [0.29, 0.717) is 48.3 Å². The molecule has 0 aromatic rings. The van der Waals surface area contributed by atoms with E-state index in [0.717, 1.165) is 44.9 Å². The van der Waals surface area contributed by atoms with Gasteiger partial charge in [0, 0.05) is 12.8 Å². The fourth-order valence-corrected chi connectivity index (χ4v) is 11.5. The molecule has 4 fully saturated rings. The molecule has 0 heterocycles. The normalized spacial score (nSPS) is 36.0. The number of rotatable bonds is 20. The Morgan fingerprint density at radius 2 is 1.37 bits per heavy atom. The fourth-order valence-electron chi connectivity index (χ4n) is 11.5.